The van der Waals surface area contributed by atoms with Crippen LogP contribution in [0.3, 0.4) is 0 Å². The number of aryl methyl sites for hydroxylation is 1. The summed E-state index contributed by atoms with van der Waals surface area (Å²) in [5, 5.41) is 7.47. The fraction of sp³-hybridized carbons (Fsp3) is 0.385. The van der Waals surface area contributed by atoms with Gasteiger partial charge in [-0.3, -0.25) is 0 Å². The van der Waals surface area contributed by atoms with Crippen molar-refractivity contribution < 1.29 is 4.74 Å². The lowest BCUT2D eigenvalue weighted by Crippen LogP contribution is -2.10. The van der Waals surface area contributed by atoms with Gasteiger partial charge in [-0.2, -0.15) is 4.98 Å². The maximum atomic E-state index is 5.39. The van der Waals surface area contributed by atoms with E-state index < -0.39 is 0 Å². The molecule has 0 aromatic carbocycles. The molecule has 0 spiro atoms. The average molecular weight is 246 g/mol. The van der Waals surface area contributed by atoms with Gasteiger partial charge in [-0.25, -0.2) is 4.52 Å². The molecule has 2 rings (SSSR count). The summed E-state index contributed by atoms with van der Waals surface area (Å²) in [4.78, 5) is 4.36. The highest BCUT2D eigenvalue weighted by Crippen LogP contribution is 2.06. The van der Waals surface area contributed by atoms with Crippen molar-refractivity contribution in [1.82, 2.24) is 14.6 Å². The number of ether oxygens (including phenoxy) is 1. The first-order valence-electron chi connectivity index (χ1n) is 6.05. The molecule has 5 heteroatoms. The Morgan fingerprint density at radius 1 is 1.44 bits per heavy atom. The second kappa shape index (κ2) is 6.16. The van der Waals surface area contributed by atoms with Crippen LogP contribution in [0.15, 0.2) is 31.0 Å². The monoisotopic (exact) mass is 246 g/mol. The Kier molecular flexibility index (Phi) is 4.30. The summed E-state index contributed by atoms with van der Waals surface area (Å²) >= 11 is 0. The Morgan fingerprint density at radius 2 is 2.33 bits per heavy atom. The lowest BCUT2D eigenvalue weighted by Gasteiger charge is -2.02. The van der Waals surface area contributed by atoms with E-state index in [9.17, 15) is 0 Å². The largest absolute Gasteiger partial charge is 0.379 e. The van der Waals surface area contributed by atoms with Gasteiger partial charge in [-0.05, 0) is 25.0 Å². The molecule has 0 aliphatic heterocycles. The highest BCUT2D eigenvalue weighted by molar-refractivity contribution is 5.43. The van der Waals surface area contributed by atoms with Crippen LogP contribution in [-0.4, -0.2) is 34.4 Å². The fourth-order valence-electron chi connectivity index (χ4n) is 1.56. The second-order valence-electron chi connectivity index (χ2n) is 4.06. The van der Waals surface area contributed by atoms with Crippen LogP contribution in [0.5, 0.6) is 0 Å². The predicted octanol–water partition coefficient (Wildman–Crippen LogP) is 2.04. The van der Waals surface area contributed by atoms with Gasteiger partial charge in [0.1, 0.15) is 0 Å². The van der Waals surface area contributed by atoms with Crippen LogP contribution in [0.25, 0.3) is 5.65 Å². The summed E-state index contributed by atoms with van der Waals surface area (Å²) in [6, 6.07) is 3.97. The lowest BCUT2D eigenvalue weighted by atomic mass is 10.3. The van der Waals surface area contributed by atoms with E-state index in [0.29, 0.717) is 25.7 Å². The summed E-state index contributed by atoms with van der Waals surface area (Å²) in [5.74, 6) is 0.632. The molecular weight excluding hydrogens is 228 g/mol. The van der Waals surface area contributed by atoms with E-state index in [1.54, 1.807) is 4.52 Å². The number of pyridine rings is 1. The smallest absolute Gasteiger partial charge is 0.243 e. The number of aromatic nitrogens is 3. The number of hydrogen-bond donors (Lipinski definition) is 1. The van der Waals surface area contributed by atoms with Gasteiger partial charge in [-0.1, -0.05) is 12.1 Å². The van der Waals surface area contributed by atoms with Gasteiger partial charge in [0, 0.05) is 12.7 Å². The molecule has 0 aliphatic carbocycles. The van der Waals surface area contributed by atoms with E-state index in [2.05, 4.69) is 22.0 Å². The number of nitrogens with one attached hydrogen (secondary N) is 1. The molecule has 0 atom stereocenters. The molecule has 0 aliphatic rings. The van der Waals surface area contributed by atoms with Crippen LogP contribution in [0.4, 0.5) is 5.95 Å². The van der Waals surface area contributed by atoms with Crippen molar-refractivity contribution in [2.24, 2.45) is 0 Å². The first kappa shape index (κ1) is 12.6. The van der Waals surface area contributed by atoms with E-state index in [-0.39, 0.29) is 0 Å². The zero-order valence-electron chi connectivity index (χ0n) is 10.6. The maximum Gasteiger partial charge on any atom is 0.243 e. The summed E-state index contributed by atoms with van der Waals surface area (Å²) in [5.41, 5.74) is 2.00. The topological polar surface area (TPSA) is 51.5 Å². The molecule has 0 saturated carbocycles. The van der Waals surface area contributed by atoms with Gasteiger partial charge in [0.25, 0.3) is 0 Å². The minimum Gasteiger partial charge on any atom is -0.379 e. The molecule has 5 nitrogen and oxygen atoms in total. The van der Waals surface area contributed by atoms with Gasteiger partial charge < -0.3 is 10.1 Å². The van der Waals surface area contributed by atoms with Gasteiger partial charge in [-0.15, -0.1) is 11.7 Å². The van der Waals surface area contributed by atoms with Crippen LogP contribution < -0.4 is 5.32 Å². The molecular formula is C13H18N4O. The van der Waals surface area contributed by atoms with E-state index >= 15 is 0 Å². The highest BCUT2D eigenvalue weighted by atomic mass is 16.5. The Balaban J connectivity index is 1.82. The third-order valence-electron chi connectivity index (χ3n) is 2.47. The molecule has 2 aromatic heterocycles. The Morgan fingerprint density at radius 3 is 3.17 bits per heavy atom. The van der Waals surface area contributed by atoms with Gasteiger partial charge >= 0.3 is 0 Å². The van der Waals surface area contributed by atoms with E-state index in [4.69, 9.17) is 4.74 Å². The molecule has 2 aromatic rings. The molecule has 0 bridgehead atoms. The quantitative estimate of drug-likeness (QED) is 0.600. The summed E-state index contributed by atoms with van der Waals surface area (Å²) in [6.07, 6.45) is 4.68. The molecule has 0 saturated heterocycles. The normalized spacial score (nSPS) is 10.7. The third kappa shape index (κ3) is 3.30. The fourth-order valence-corrected chi connectivity index (χ4v) is 1.56. The van der Waals surface area contributed by atoms with Crippen LogP contribution in [0, 0.1) is 6.92 Å². The molecule has 1 N–H and O–H groups in total. The zero-order chi connectivity index (χ0) is 12.8. The minimum atomic E-state index is 0.632. The minimum absolute atomic E-state index is 0.632. The molecule has 0 amide bonds. The molecule has 0 fully saturated rings. The first-order chi connectivity index (χ1) is 8.79. The Labute approximate surface area is 106 Å². The van der Waals surface area contributed by atoms with Gasteiger partial charge in [0.05, 0.1) is 13.2 Å². The summed E-state index contributed by atoms with van der Waals surface area (Å²) in [7, 11) is 0. The SMILES string of the molecule is C=CCCOCCNc1nc2ccc(C)cn2n1. The summed E-state index contributed by atoms with van der Waals surface area (Å²) < 4.78 is 7.17. The van der Waals surface area contributed by atoms with Crippen molar-refractivity contribution in [2.75, 3.05) is 25.1 Å². The Hall–Kier alpha value is -1.88. The van der Waals surface area contributed by atoms with Crippen molar-refractivity contribution in [3.63, 3.8) is 0 Å². The Bertz CT molecular complexity index is 521. The van der Waals surface area contributed by atoms with E-state index in [1.807, 2.05) is 31.3 Å². The predicted molar refractivity (Wildman–Crippen MR) is 71.8 cm³/mol. The average Bonchev–Trinajstić information content (AvgIpc) is 2.75. The number of anilines is 1. The van der Waals surface area contributed by atoms with Crippen LogP contribution >= 0.6 is 0 Å². The third-order valence-corrected chi connectivity index (χ3v) is 2.47. The zero-order valence-corrected chi connectivity index (χ0v) is 10.6. The second-order valence-corrected chi connectivity index (χ2v) is 4.06. The van der Waals surface area contributed by atoms with Crippen molar-refractivity contribution in [3.05, 3.63) is 36.5 Å². The molecule has 0 unspecified atom stereocenters. The molecule has 18 heavy (non-hydrogen) atoms. The van der Waals surface area contributed by atoms with Crippen LogP contribution in [0.2, 0.25) is 0 Å². The molecule has 2 heterocycles. The van der Waals surface area contributed by atoms with Gasteiger partial charge in [0.2, 0.25) is 5.95 Å². The van der Waals surface area contributed by atoms with E-state index in [0.717, 1.165) is 17.6 Å². The molecule has 96 valence electrons. The van der Waals surface area contributed by atoms with Crippen molar-refractivity contribution in [2.45, 2.75) is 13.3 Å². The van der Waals surface area contributed by atoms with Gasteiger partial charge in [0.15, 0.2) is 5.65 Å². The standard InChI is InChI=1S/C13H18N4O/c1-3-4-8-18-9-7-14-13-15-12-6-5-11(2)10-17(12)16-13/h3,5-6,10H,1,4,7-9H2,2H3,(H,14,16). The summed E-state index contributed by atoms with van der Waals surface area (Å²) in [6.45, 7) is 7.72. The van der Waals surface area contributed by atoms with Crippen molar-refractivity contribution in [1.29, 1.82) is 0 Å². The van der Waals surface area contributed by atoms with Crippen LogP contribution in [0.1, 0.15) is 12.0 Å². The number of fused-ring (bicyclic) bond motifs is 1. The molecule has 0 radical (unpaired) electrons. The van der Waals surface area contributed by atoms with Crippen LogP contribution in [-0.2, 0) is 4.74 Å². The van der Waals surface area contributed by atoms with E-state index in [1.165, 1.54) is 0 Å². The number of nitrogens with zero attached hydrogens (tertiary/aromatic N) is 3. The first-order valence-corrected chi connectivity index (χ1v) is 6.05. The van der Waals surface area contributed by atoms with Crippen molar-refractivity contribution in [3.8, 4) is 0 Å². The maximum absolute atomic E-state index is 5.39. The highest BCUT2D eigenvalue weighted by Gasteiger charge is 2.02. The number of rotatable bonds is 7. The number of hydrogen-bond acceptors (Lipinski definition) is 4. The lowest BCUT2D eigenvalue weighted by molar-refractivity contribution is 0.149. The van der Waals surface area contributed by atoms with Crippen molar-refractivity contribution >= 4 is 11.6 Å².